The van der Waals surface area contributed by atoms with Crippen molar-refractivity contribution in [3.63, 3.8) is 0 Å². The quantitative estimate of drug-likeness (QED) is 0.774. The molecular weight excluding hydrogens is 234 g/mol. The van der Waals surface area contributed by atoms with Gasteiger partial charge in [-0.3, -0.25) is 5.10 Å². The molecule has 2 aromatic rings. The summed E-state index contributed by atoms with van der Waals surface area (Å²) in [7, 11) is 0. The van der Waals surface area contributed by atoms with Crippen LogP contribution in [0.1, 0.15) is 17.3 Å². The maximum absolute atomic E-state index is 11.8. The van der Waals surface area contributed by atoms with Gasteiger partial charge in [0.15, 0.2) is 0 Å². The van der Waals surface area contributed by atoms with E-state index in [4.69, 9.17) is 15.2 Å². The van der Waals surface area contributed by atoms with Gasteiger partial charge in [-0.05, 0) is 19.1 Å². The summed E-state index contributed by atoms with van der Waals surface area (Å²) < 4.78 is 10.5. The number of nitrogens with two attached hydrogens (primary N) is 1. The molecule has 0 saturated heterocycles. The predicted octanol–water partition coefficient (Wildman–Crippen LogP) is 1.08. The molecule has 0 aliphatic carbocycles. The summed E-state index contributed by atoms with van der Waals surface area (Å²) in [5, 5.41) is 7.58. The zero-order valence-corrected chi connectivity index (χ0v) is 10.1. The second kappa shape index (κ2) is 5.50. The van der Waals surface area contributed by atoms with Gasteiger partial charge in [0.2, 0.25) is 0 Å². The minimum Gasteiger partial charge on any atom is -0.491 e. The maximum atomic E-state index is 11.8. The molecule has 0 aliphatic rings. The van der Waals surface area contributed by atoms with E-state index in [2.05, 4.69) is 10.2 Å². The fourth-order valence-electron chi connectivity index (χ4n) is 1.63. The maximum Gasteiger partial charge on any atom is 0.341 e. The smallest absolute Gasteiger partial charge is 0.341 e. The van der Waals surface area contributed by atoms with Gasteiger partial charge in [-0.1, -0.05) is 0 Å². The molecule has 1 aromatic heterocycles. The Kier molecular flexibility index (Phi) is 3.78. The predicted molar refractivity (Wildman–Crippen MR) is 66.6 cm³/mol. The molecular formula is C12H15N3O3. The van der Waals surface area contributed by atoms with Crippen LogP contribution in [-0.4, -0.2) is 35.9 Å². The van der Waals surface area contributed by atoms with E-state index >= 15 is 0 Å². The average Bonchev–Trinajstić information content (AvgIpc) is 2.82. The van der Waals surface area contributed by atoms with Crippen LogP contribution in [0.5, 0.6) is 5.75 Å². The molecule has 0 radical (unpaired) electrons. The summed E-state index contributed by atoms with van der Waals surface area (Å²) in [5.74, 6) is 0.0498. The first-order valence-electron chi connectivity index (χ1n) is 5.73. The number of ether oxygens (including phenoxy) is 2. The van der Waals surface area contributed by atoms with E-state index in [0.29, 0.717) is 31.1 Å². The normalized spacial score (nSPS) is 10.6. The van der Waals surface area contributed by atoms with Gasteiger partial charge in [0.05, 0.1) is 18.3 Å². The first kappa shape index (κ1) is 12.4. The van der Waals surface area contributed by atoms with Crippen LogP contribution >= 0.6 is 0 Å². The minimum absolute atomic E-state index is 0.316. The van der Waals surface area contributed by atoms with Crippen molar-refractivity contribution < 1.29 is 14.3 Å². The van der Waals surface area contributed by atoms with Gasteiger partial charge < -0.3 is 15.2 Å². The molecule has 1 heterocycles. The number of hydrogen-bond acceptors (Lipinski definition) is 5. The molecule has 0 spiro atoms. The van der Waals surface area contributed by atoms with Crippen LogP contribution in [0.25, 0.3) is 10.9 Å². The molecule has 96 valence electrons. The molecule has 0 saturated carbocycles. The lowest BCUT2D eigenvalue weighted by atomic mass is 10.1. The van der Waals surface area contributed by atoms with Crippen LogP contribution in [0, 0.1) is 0 Å². The number of carbonyl (C=O) groups excluding carboxylic acids is 1. The van der Waals surface area contributed by atoms with Crippen molar-refractivity contribution in [2.75, 3.05) is 19.8 Å². The van der Waals surface area contributed by atoms with Crippen molar-refractivity contribution in [3.05, 3.63) is 23.9 Å². The largest absolute Gasteiger partial charge is 0.491 e. The van der Waals surface area contributed by atoms with Crippen LogP contribution in [0.3, 0.4) is 0 Å². The Balaban J connectivity index is 2.41. The highest BCUT2D eigenvalue weighted by atomic mass is 16.5. The Morgan fingerprint density at radius 3 is 3.06 bits per heavy atom. The molecule has 0 bridgehead atoms. The highest BCUT2D eigenvalue weighted by molar-refractivity contribution is 5.97. The molecule has 6 nitrogen and oxygen atoms in total. The van der Waals surface area contributed by atoms with Gasteiger partial charge in [0.25, 0.3) is 0 Å². The number of fused-ring (bicyclic) bond motifs is 1. The Hall–Kier alpha value is -2.08. The number of esters is 1. The molecule has 3 N–H and O–H groups in total. The van der Waals surface area contributed by atoms with Gasteiger partial charge in [-0.25, -0.2) is 4.79 Å². The third-order valence-corrected chi connectivity index (χ3v) is 2.41. The minimum atomic E-state index is -0.416. The number of benzene rings is 1. The molecule has 0 amide bonds. The third-order valence-electron chi connectivity index (χ3n) is 2.41. The van der Waals surface area contributed by atoms with E-state index in [0.717, 1.165) is 10.9 Å². The number of H-pyrrole nitrogens is 1. The van der Waals surface area contributed by atoms with Gasteiger partial charge in [0, 0.05) is 11.9 Å². The van der Waals surface area contributed by atoms with E-state index in [1.54, 1.807) is 25.3 Å². The second-order valence-electron chi connectivity index (χ2n) is 3.66. The fourth-order valence-corrected chi connectivity index (χ4v) is 1.63. The van der Waals surface area contributed by atoms with Gasteiger partial charge in [-0.15, -0.1) is 0 Å². The topological polar surface area (TPSA) is 90.2 Å². The summed E-state index contributed by atoms with van der Waals surface area (Å²) in [4.78, 5) is 11.8. The zero-order valence-electron chi connectivity index (χ0n) is 10.1. The van der Waals surface area contributed by atoms with E-state index in [-0.39, 0.29) is 0 Å². The van der Waals surface area contributed by atoms with Crippen molar-refractivity contribution >= 4 is 16.9 Å². The highest BCUT2D eigenvalue weighted by Crippen LogP contribution is 2.25. The molecule has 0 aliphatic heterocycles. The summed E-state index contributed by atoms with van der Waals surface area (Å²) in [6.45, 7) is 2.80. The van der Waals surface area contributed by atoms with Crippen LogP contribution in [-0.2, 0) is 4.74 Å². The molecule has 0 fully saturated rings. The lowest BCUT2D eigenvalue weighted by Gasteiger charge is -2.10. The molecule has 0 atom stereocenters. The number of aromatic amines is 1. The van der Waals surface area contributed by atoms with Crippen LogP contribution in [0.4, 0.5) is 0 Å². The highest BCUT2D eigenvalue weighted by Gasteiger charge is 2.15. The van der Waals surface area contributed by atoms with Crippen molar-refractivity contribution in [1.29, 1.82) is 0 Å². The Bertz CT molecular complexity index is 550. The molecule has 2 rings (SSSR count). The summed E-state index contributed by atoms with van der Waals surface area (Å²) >= 11 is 0. The zero-order chi connectivity index (χ0) is 13.0. The molecule has 6 heteroatoms. The van der Waals surface area contributed by atoms with Crippen LogP contribution in [0.15, 0.2) is 18.3 Å². The lowest BCUT2D eigenvalue weighted by Crippen LogP contribution is -2.13. The Labute approximate surface area is 104 Å². The van der Waals surface area contributed by atoms with Gasteiger partial charge in [-0.2, -0.15) is 5.10 Å². The number of rotatable bonds is 5. The standard InChI is InChI=1S/C12H15N3O3/c1-2-17-12(16)9-6-10-8(7-14-15-10)5-11(9)18-4-3-13/h5-7H,2-4,13H2,1H3,(H,14,15). The van der Waals surface area contributed by atoms with Crippen molar-refractivity contribution in [2.24, 2.45) is 5.73 Å². The fraction of sp³-hybridized carbons (Fsp3) is 0.333. The summed E-state index contributed by atoms with van der Waals surface area (Å²) in [5.41, 5.74) is 6.53. The number of nitrogens with one attached hydrogen (secondary N) is 1. The molecule has 18 heavy (non-hydrogen) atoms. The van der Waals surface area contributed by atoms with Crippen LogP contribution in [0.2, 0.25) is 0 Å². The average molecular weight is 249 g/mol. The van der Waals surface area contributed by atoms with E-state index in [1.165, 1.54) is 0 Å². The number of nitrogens with zero attached hydrogens (tertiary/aromatic N) is 1. The monoisotopic (exact) mass is 249 g/mol. The Morgan fingerprint density at radius 1 is 1.50 bits per heavy atom. The summed E-state index contributed by atoms with van der Waals surface area (Å²) in [6, 6.07) is 3.42. The van der Waals surface area contributed by atoms with E-state index in [9.17, 15) is 4.79 Å². The number of hydrogen-bond donors (Lipinski definition) is 2. The Morgan fingerprint density at radius 2 is 2.33 bits per heavy atom. The first-order chi connectivity index (χ1) is 8.76. The van der Waals surface area contributed by atoms with E-state index < -0.39 is 5.97 Å². The third kappa shape index (κ3) is 2.43. The van der Waals surface area contributed by atoms with Crippen molar-refractivity contribution in [2.45, 2.75) is 6.92 Å². The molecule has 0 unspecified atom stereocenters. The SMILES string of the molecule is CCOC(=O)c1cc2[nH]ncc2cc1OCCN. The van der Waals surface area contributed by atoms with Crippen molar-refractivity contribution in [1.82, 2.24) is 10.2 Å². The number of aromatic nitrogens is 2. The molecule has 1 aromatic carbocycles. The van der Waals surface area contributed by atoms with Crippen LogP contribution < -0.4 is 10.5 Å². The second-order valence-corrected chi connectivity index (χ2v) is 3.66. The lowest BCUT2D eigenvalue weighted by molar-refractivity contribution is 0.0522. The van der Waals surface area contributed by atoms with E-state index in [1.807, 2.05) is 0 Å². The van der Waals surface area contributed by atoms with Gasteiger partial charge >= 0.3 is 5.97 Å². The summed E-state index contributed by atoms with van der Waals surface area (Å²) in [6.07, 6.45) is 1.67. The number of carbonyl (C=O) groups is 1. The van der Waals surface area contributed by atoms with Gasteiger partial charge in [0.1, 0.15) is 17.9 Å². The first-order valence-corrected chi connectivity index (χ1v) is 5.73. The van der Waals surface area contributed by atoms with Crippen molar-refractivity contribution in [3.8, 4) is 5.75 Å².